The van der Waals surface area contributed by atoms with Gasteiger partial charge in [-0.15, -0.1) is 0 Å². The van der Waals surface area contributed by atoms with Crippen LogP contribution < -0.4 is 0 Å². The summed E-state index contributed by atoms with van der Waals surface area (Å²) in [5, 5.41) is 13.4. The van der Waals surface area contributed by atoms with E-state index in [9.17, 15) is 0 Å². The van der Waals surface area contributed by atoms with Crippen molar-refractivity contribution in [1.29, 1.82) is 0 Å². The maximum absolute atomic E-state index is 9.09. The van der Waals surface area contributed by atoms with Crippen molar-refractivity contribution in [3.8, 4) is 0 Å². The molecule has 0 bridgehead atoms. The molecule has 1 aromatic rings. The van der Waals surface area contributed by atoms with Crippen molar-refractivity contribution in [2.45, 2.75) is 26.9 Å². The number of aromatic nitrogens is 2. The van der Waals surface area contributed by atoms with E-state index in [0.29, 0.717) is 0 Å². The number of rotatable bonds is 2. The minimum atomic E-state index is -0.404. The Morgan fingerprint density at radius 3 is 2.46 bits per heavy atom. The normalized spacial score (nSPS) is 13.9. The summed E-state index contributed by atoms with van der Waals surface area (Å²) in [5.41, 5.74) is 3.22. The molecule has 0 spiro atoms. The van der Waals surface area contributed by atoms with Crippen LogP contribution in [0.1, 0.15) is 23.9 Å². The van der Waals surface area contributed by atoms with E-state index in [-0.39, 0.29) is 0 Å². The Bertz CT molecular complexity index is 324. The van der Waals surface area contributed by atoms with Gasteiger partial charge in [0.15, 0.2) is 0 Å². The third-order valence-corrected chi connectivity index (χ3v) is 2.11. The average molecular weight is 180 g/mol. The lowest BCUT2D eigenvalue weighted by atomic mass is 10.1. The molecule has 0 aromatic carbocycles. The fourth-order valence-electron chi connectivity index (χ4n) is 1.27. The molecule has 72 valence electrons. The van der Waals surface area contributed by atoms with Crippen LogP contribution in [-0.4, -0.2) is 21.0 Å². The molecule has 3 heteroatoms. The summed E-state index contributed by atoms with van der Waals surface area (Å²) < 4.78 is 1.84. The highest BCUT2D eigenvalue weighted by Gasteiger charge is 2.05. The van der Waals surface area contributed by atoms with Crippen molar-refractivity contribution in [2.75, 3.05) is 0 Å². The van der Waals surface area contributed by atoms with Crippen molar-refractivity contribution in [3.63, 3.8) is 0 Å². The maximum atomic E-state index is 9.09. The first kappa shape index (κ1) is 9.99. The molecular formula is C10H16N2O. The number of nitrogens with zero attached hydrogens (tertiary/aromatic N) is 2. The lowest BCUT2D eigenvalue weighted by Gasteiger charge is -1.96. The Balaban J connectivity index is 3.00. The van der Waals surface area contributed by atoms with Crippen LogP contribution in [0.15, 0.2) is 6.08 Å². The minimum Gasteiger partial charge on any atom is -0.389 e. The van der Waals surface area contributed by atoms with Crippen LogP contribution in [0.4, 0.5) is 0 Å². The molecule has 1 N–H and O–H groups in total. The monoisotopic (exact) mass is 180 g/mol. The fourth-order valence-corrected chi connectivity index (χ4v) is 1.27. The molecule has 0 saturated heterocycles. The number of aliphatic hydroxyl groups is 1. The zero-order chi connectivity index (χ0) is 10.0. The van der Waals surface area contributed by atoms with Crippen LogP contribution in [-0.2, 0) is 7.05 Å². The first-order valence-electron chi connectivity index (χ1n) is 4.39. The van der Waals surface area contributed by atoms with Crippen LogP contribution in [0, 0.1) is 13.8 Å². The topological polar surface area (TPSA) is 38.0 Å². The summed E-state index contributed by atoms with van der Waals surface area (Å²) in [6, 6.07) is 0. The van der Waals surface area contributed by atoms with Crippen molar-refractivity contribution in [2.24, 2.45) is 7.05 Å². The van der Waals surface area contributed by atoms with Gasteiger partial charge in [0.05, 0.1) is 11.8 Å². The smallest absolute Gasteiger partial charge is 0.0696 e. The highest BCUT2D eigenvalue weighted by molar-refractivity contribution is 5.54. The Labute approximate surface area is 78.7 Å². The van der Waals surface area contributed by atoms with Gasteiger partial charge in [0, 0.05) is 18.3 Å². The van der Waals surface area contributed by atoms with E-state index in [4.69, 9.17) is 5.11 Å². The van der Waals surface area contributed by atoms with E-state index in [1.54, 1.807) is 13.0 Å². The molecule has 1 rings (SSSR count). The van der Waals surface area contributed by atoms with Gasteiger partial charge in [0.1, 0.15) is 0 Å². The molecule has 1 aromatic heterocycles. The minimum absolute atomic E-state index is 0.404. The quantitative estimate of drug-likeness (QED) is 0.747. The standard InChI is InChI=1S/C10H16N2O/c1-7(13)5-6-10-8(2)11-12(4)9(10)3/h5-7,13H,1-4H3/b6-5+. The summed E-state index contributed by atoms with van der Waals surface area (Å²) in [6.45, 7) is 5.72. The second-order valence-electron chi connectivity index (χ2n) is 3.31. The summed E-state index contributed by atoms with van der Waals surface area (Å²) in [5.74, 6) is 0. The molecule has 1 atom stereocenters. The highest BCUT2D eigenvalue weighted by Crippen LogP contribution is 2.13. The first-order chi connectivity index (χ1) is 6.02. The molecule has 1 unspecified atom stereocenters. The molecule has 0 saturated carbocycles. The average Bonchev–Trinajstić information content (AvgIpc) is 2.24. The first-order valence-corrected chi connectivity index (χ1v) is 4.39. The molecule has 0 fully saturated rings. The van der Waals surface area contributed by atoms with Gasteiger partial charge in [-0.05, 0) is 20.8 Å². The van der Waals surface area contributed by atoms with E-state index in [1.165, 1.54) is 0 Å². The summed E-state index contributed by atoms with van der Waals surface area (Å²) in [4.78, 5) is 0. The second-order valence-corrected chi connectivity index (χ2v) is 3.31. The Morgan fingerprint density at radius 1 is 1.46 bits per heavy atom. The van der Waals surface area contributed by atoms with E-state index in [1.807, 2.05) is 31.7 Å². The van der Waals surface area contributed by atoms with Gasteiger partial charge >= 0.3 is 0 Å². The zero-order valence-electron chi connectivity index (χ0n) is 8.57. The predicted molar refractivity (Wildman–Crippen MR) is 53.4 cm³/mol. The number of hydrogen-bond donors (Lipinski definition) is 1. The molecule has 0 radical (unpaired) electrons. The molecule has 1 heterocycles. The Morgan fingerprint density at radius 2 is 2.08 bits per heavy atom. The van der Waals surface area contributed by atoms with Crippen molar-refractivity contribution in [1.82, 2.24) is 9.78 Å². The van der Waals surface area contributed by atoms with Crippen LogP contribution in [0.5, 0.6) is 0 Å². The highest BCUT2D eigenvalue weighted by atomic mass is 16.3. The maximum Gasteiger partial charge on any atom is 0.0696 e. The number of aliphatic hydroxyl groups excluding tert-OH is 1. The Kier molecular flexibility index (Phi) is 2.88. The predicted octanol–water partition coefficient (Wildman–Crippen LogP) is 1.43. The van der Waals surface area contributed by atoms with Crippen molar-refractivity contribution in [3.05, 3.63) is 23.0 Å². The van der Waals surface area contributed by atoms with Crippen molar-refractivity contribution >= 4 is 6.08 Å². The molecule has 3 nitrogen and oxygen atoms in total. The molecule has 0 aliphatic carbocycles. The van der Waals surface area contributed by atoms with E-state index in [0.717, 1.165) is 17.0 Å². The third-order valence-electron chi connectivity index (χ3n) is 2.11. The van der Waals surface area contributed by atoms with Gasteiger partial charge < -0.3 is 5.11 Å². The van der Waals surface area contributed by atoms with Gasteiger partial charge in [-0.25, -0.2) is 0 Å². The zero-order valence-corrected chi connectivity index (χ0v) is 8.57. The summed E-state index contributed by atoms with van der Waals surface area (Å²) >= 11 is 0. The lowest BCUT2D eigenvalue weighted by Crippen LogP contribution is -1.93. The van der Waals surface area contributed by atoms with Gasteiger partial charge in [0.25, 0.3) is 0 Å². The van der Waals surface area contributed by atoms with Crippen LogP contribution in [0.3, 0.4) is 0 Å². The number of aryl methyl sites for hydroxylation is 2. The SMILES string of the molecule is Cc1nn(C)c(C)c1/C=C/C(C)O. The third kappa shape index (κ3) is 2.18. The van der Waals surface area contributed by atoms with Gasteiger partial charge in [-0.3, -0.25) is 4.68 Å². The van der Waals surface area contributed by atoms with Gasteiger partial charge in [0.2, 0.25) is 0 Å². The van der Waals surface area contributed by atoms with Crippen LogP contribution in [0.25, 0.3) is 6.08 Å². The van der Waals surface area contributed by atoms with Gasteiger partial charge in [-0.1, -0.05) is 12.2 Å². The van der Waals surface area contributed by atoms with Crippen LogP contribution >= 0.6 is 0 Å². The van der Waals surface area contributed by atoms with E-state index >= 15 is 0 Å². The molecular weight excluding hydrogens is 164 g/mol. The largest absolute Gasteiger partial charge is 0.389 e. The summed E-state index contributed by atoms with van der Waals surface area (Å²) in [7, 11) is 1.92. The lowest BCUT2D eigenvalue weighted by molar-refractivity contribution is 0.245. The Hall–Kier alpha value is -1.09. The summed E-state index contributed by atoms with van der Waals surface area (Å²) in [6.07, 6.45) is 3.28. The van der Waals surface area contributed by atoms with Crippen LogP contribution in [0.2, 0.25) is 0 Å². The number of hydrogen-bond acceptors (Lipinski definition) is 2. The van der Waals surface area contributed by atoms with E-state index < -0.39 is 6.10 Å². The van der Waals surface area contributed by atoms with Gasteiger partial charge in [-0.2, -0.15) is 5.10 Å². The van der Waals surface area contributed by atoms with Crippen molar-refractivity contribution < 1.29 is 5.11 Å². The molecule has 0 aliphatic rings. The van der Waals surface area contributed by atoms with E-state index in [2.05, 4.69) is 5.10 Å². The second kappa shape index (κ2) is 3.75. The molecule has 13 heavy (non-hydrogen) atoms. The molecule has 0 aliphatic heterocycles. The fraction of sp³-hybridized carbons (Fsp3) is 0.500. The molecule has 0 amide bonds.